The maximum atomic E-state index is 10.9. The van der Waals surface area contributed by atoms with Crippen molar-refractivity contribution in [1.82, 2.24) is 14.9 Å². The first-order valence-electron chi connectivity index (χ1n) is 6.90. The molecule has 0 aliphatic carbocycles. The van der Waals surface area contributed by atoms with E-state index in [9.17, 15) is 4.79 Å². The largest absolute Gasteiger partial charge is 0.352 e. The predicted octanol–water partition coefficient (Wildman–Crippen LogP) is 3.52. The van der Waals surface area contributed by atoms with E-state index in [1.165, 1.54) is 0 Å². The molecule has 1 aromatic heterocycles. The molecule has 0 atom stereocenters. The molecule has 0 fully saturated rings. The van der Waals surface area contributed by atoms with Crippen LogP contribution in [0, 0.1) is 0 Å². The van der Waals surface area contributed by atoms with Crippen molar-refractivity contribution < 1.29 is 4.79 Å². The molecule has 0 spiro atoms. The number of imidazole rings is 1. The molecule has 1 heterocycles. The second-order valence-corrected chi connectivity index (χ2v) is 6.71. The van der Waals surface area contributed by atoms with Gasteiger partial charge >= 0.3 is 6.03 Å². The monoisotopic (exact) mass is 338 g/mol. The molecule has 0 saturated heterocycles. The van der Waals surface area contributed by atoms with Gasteiger partial charge in [0, 0.05) is 17.0 Å². The third-order valence-corrected chi connectivity index (χ3v) is 4.54. The van der Waals surface area contributed by atoms with Crippen LogP contribution in [0.4, 0.5) is 4.79 Å². The van der Waals surface area contributed by atoms with Crippen molar-refractivity contribution in [2.75, 3.05) is 0 Å². The number of urea groups is 1. The molecule has 1 aromatic carbocycles. The highest BCUT2D eigenvalue weighted by Crippen LogP contribution is 2.35. The molecule has 22 heavy (non-hydrogen) atoms. The third kappa shape index (κ3) is 3.96. The number of carbonyl (C=O) groups excluding carboxylic acids is 1. The fourth-order valence-corrected chi connectivity index (χ4v) is 3.45. The summed E-state index contributed by atoms with van der Waals surface area (Å²) in [4.78, 5) is 16.6. The summed E-state index contributed by atoms with van der Waals surface area (Å²) in [5.74, 6) is 1.04. The van der Waals surface area contributed by atoms with Crippen molar-refractivity contribution >= 4 is 29.4 Å². The Hall–Kier alpha value is -1.66. The number of halogens is 1. The van der Waals surface area contributed by atoms with E-state index in [1.54, 1.807) is 11.8 Å². The van der Waals surface area contributed by atoms with Crippen LogP contribution in [0.15, 0.2) is 34.2 Å². The lowest BCUT2D eigenvalue weighted by Crippen LogP contribution is -2.29. The smallest absolute Gasteiger partial charge is 0.312 e. The van der Waals surface area contributed by atoms with Crippen molar-refractivity contribution in [2.24, 2.45) is 12.8 Å². The molecule has 118 valence electrons. The zero-order valence-corrected chi connectivity index (χ0v) is 14.3. The van der Waals surface area contributed by atoms with E-state index in [2.05, 4.69) is 24.1 Å². The highest BCUT2D eigenvalue weighted by Gasteiger charge is 2.18. The summed E-state index contributed by atoms with van der Waals surface area (Å²) < 4.78 is 1.98. The highest BCUT2D eigenvalue weighted by atomic mass is 35.5. The lowest BCUT2D eigenvalue weighted by molar-refractivity contribution is 0.248. The molecule has 3 N–H and O–H groups in total. The normalized spacial score (nSPS) is 11.0. The standard InChI is InChI=1S/C15H19ClN4OS/c1-9(2)13-14(22-11-6-4-5-10(16)7-11)20(3)12(19-13)8-18-15(17)21/h4-7,9H,8H2,1-3H3,(H3,17,18,21). The summed E-state index contributed by atoms with van der Waals surface area (Å²) in [7, 11) is 1.93. The summed E-state index contributed by atoms with van der Waals surface area (Å²) >= 11 is 7.66. The van der Waals surface area contributed by atoms with E-state index in [1.807, 2.05) is 35.9 Å². The van der Waals surface area contributed by atoms with Crippen molar-refractivity contribution in [3.05, 3.63) is 40.8 Å². The molecule has 0 aliphatic rings. The maximum Gasteiger partial charge on any atom is 0.312 e. The van der Waals surface area contributed by atoms with Gasteiger partial charge in [-0.2, -0.15) is 0 Å². The molecule has 5 nitrogen and oxygen atoms in total. The fraction of sp³-hybridized carbons (Fsp3) is 0.333. The summed E-state index contributed by atoms with van der Waals surface area (Å²) in [6.45, 7) is 4.49. The van der Waals surface area contributed by atoms with Crippen LogP contribution in [0.1, 0.15) is 31.3 Å². The summed E-state index contributed by atoms with van der Waals surface area (Å²) in [6, 6.07) is 7.14. The van der Waals surface area contributed by atoms with E-state index in [0.717, 1.165) is 21.4 Å². The van der Waals surface area contributed by atoms with Crippen molar-refractivity contribution in [3.8, 4) is 0 Å². The summed E-state index contributed by atoms with van der Waals surface area (Å²) in [5.41, 5.74) is 6.12. The molecular formula is C15H19ClN4OS. The second-order valence-electron chi connectivity index (χ2n) is 5.21. The van der Waals surface area contributed by atoms with Gasteiger partial charge in [-0.05, 0) is 24.1 Å². The number of aromatic nitrogens is 2. The number of nitrogens with one attached hydrogen (secondary N) is 1. The Kier molecular flexibility index (Phi) is 5.37. The molecule has 0 aliphatic heterocycles. The lowest BCUT2D eigenvalue weighted by atomic mass is 10.2. The SMILES string of the molecule is CC(C)c1nc(CNC(N)=O)n(C)c1Sc1cccc(Cl)c1. The van der Waals surface area contributed by atoms with Crippen molar-refractivity contribution in [2.45, 2.75) is 36.2 Å². The Morgan fingerprint density at radius 3 is 2.82 bits per heavy atom. The number of amides is 2. The maximum absolute atomic E-state index is 10.9. The van der Waals surface area contributed by atoms with Gasteiger partial charge in [0.1, 0.15) is 10.9 Å². The first-order chi connectivity index (χ1) is 10.4. The van der Waals surface area contributed by atoms with Crippen molar-refractivity contribution in [1.29, 1.82) is 0 Å². The van der Waals surface area contributed by atoms with Gasteiger partial charge in [-0.1, -0.05) is 43.3 Å². The Balaban J connectivity index is 2.34. The molecule has 0 unspecified atom stereocenters. The predicted molar refractivity (Wildman–Crippen MR) is 89.3 cm³/mol. The molecule has 0 radical (unpaired) electrons. The minimum Gasteiger partial charge on any atom is -0.352 e. The molecule has 2 rings (SSSR count). The molecule has 7 heteroatoms. The Labute approximate surface area is 139 Å². The topological polar surface area (TPSA) is 72.9 Å². The van der Waals surface area contributed by atoms with E-state index in [0.29, 0.717) is 11.6 Å². The van der Waals surface area contributed by atoms with Crippen LogP contribution in [0.2, 0.25) is 5.02 Å². The Morgan fingerprint density at radius 2 is 2.23 bits per heavy atom. The van der Waals surface area contributed by atoms with Gasteiger partial charge in [-0.15, -0.1) is 0 Å². The fourth-order valence-electron chi connectivity index (χ4n) is 2.01. The average Bonchev–Trinajstić information content (AvgIpc) is 2.74. The van der Waals surface area contributed by atoms with Gasteiger partial charge in [0.2, 0.25) is 0 Å². The van der Waals surface area contributed by atoms with Crippen LogP contribution >= 0.6 is 23.4 Å². The van der Waals surface area contributed by atoms with Gasteiger partial charge in [-0.3, -0.25) is 0 Å². The van der Waals surface area contributed by atoms with Crippen LogP contribution < -0.4 is 11.1 Å². The number of rotatable bonds is 5. The quantitative estimate of drug-likeness (QED) is 0.876. The number of nitrogens with two attached hydrogens (primary N) is 1. The van der Waals surface area contributed by atoms with Crippen LogP contribution in [0.25, 0.3) is 0 Å². The van der Waals surface area contributed by atoms with E-state index in [-0.39, 0.29) is 5.92 Å². The van der Waals surface area contributed by atoms with Gasteiger partial charge in [0.25, 0.3) is 0 Å². The zero-order chi connectivity index (χ0) is 16.3. The molecule has 0 saturated carbocycles. The van der Waals surface area contributed by atoms with Crippen LogP contribution in [-0.2, 0) is 13.6 Å². The van der Waals surface area contributed by atoms with Gasteiger partial charge in [0.05, 0.1) is 12.2 Å². The average molecular weight is 339 g/mol. The van der Waals surface area contributed by atoms with Gasteiger partial charge in [-0.25, -0.2) is 9.78 Å². The summed E-state index contributed by atoms with van der Waals surface area (Å²) in [5, 5.41) is 4.32. The van der Waals surface area contributed by atoms with E-state index >= 15 is 0 Å². The van der Waals surface area contributed by atoms with Crippen molar-refractivity contribution in [3.63, 3.8) is 0 Å². The van der Waals surface area contributed by atoms with Crippen LogP contribution in [-0.4, -0.2) is 15.6 Å². The second kappa shape index (κ2) is 7.07. The first kappa shape index (κ1) is 16.7. The number of benzene rings is 1. The molecule has 2 aromatic rings. The number of carbonyl (C=O) groups is 1. The summed E-state index contributed by atoms with van der Waals surface area (Å²) in [6.07, 6.45) is 0. The lowest BCUT2D eigenvalue weighted by Gasteiger charge is -2.09. The third-order valence-electron chi connectivity index (χ3n) is 3.14. The number of hydrogen-bond donors (Lipinski definition) is 2. The van der Waals surface area contributed by atoms with Gasteiger partial charge in [0.15, 0.2) is 0 Å². The number of hydrogen-bond acceptors (Lipinski definition) is 3. The first-order valence-corrected chi connectivity index (χ1v) is 8.10. The Bertz CT molecular complexity index is 684. The Morgan fingerprint density at radius 1 is 1.50 bits per heavy atom. The van der Waals surface area contributed by atoms with E-state index in [4.69, 9.17) is 17.3 Å². The molecule has 0 bridgehead atoms. The molecular weight excluding hydrogens is 320 g/mol. The van der Waals surface area contributed by atoms with Crippen LogP contribution in [0.3, 0.4) is 0 Å². The van der Waals surface area contributed by atoms with Gasteiger partial charge < -0.3 is 15.6 Å². The highest BCUT2D eigenvalue weighted by molar-refractivity contribution is 7.99. The zero-order valence-electron chi connectivity index (χ0n) is 12.8. The number of primary amides is 1. The minimum atomic E-state index is -0.557. The van der Waals surface area contributed by atoms with Crippen LogP contribution in [0.5, 0.6) is 0 Å². The number of nitrogens with zero attached hydrogens (tertiary/aromatic N) is 2. The van der Waals surface area contributed by atoms with E-state index < -0.39 is 6.03 Å². The molecule has 2 amide bonds. The minimum absolute atomic E-state index is 0.273.